The molecule has 0 saturated carbocycles. The lowest BCUT2D eigenvalue weighted by Crippen LogP contribution is -2.50. The zero-order valence-corrected chi connectivity index (χ0v) is 10.8. The van der Waals surface area contributed by atoms with Gasteiger partial charge in [0.15, 0.2) is 0 Å². The van der Waals surface area contributed by atoms with Gasteiger partial charge in [0, 0.05) is 52.2 Å². The lowest BCUT2D eigenvalue weighted by molar-refractivity contribution is 0.156. The Morgan fingerprint density at radius 2 is 2.06 bits per heavy atom. The van der Waals surface area contributed by atoms with Gasteiger partial charge < -0.3 is 15.1 Å². The second-order valence-electron chi connectivity index (χ2n) is 4.55. The highest BCUT2D eigenvalue weighted by Crippen LogP contribution is 2.03. The smallest absolute Gasteiger partial charge is 0.319 e. The lowest BCUT2D eigenvalue weighted by atomic mass is 10.2. The topological polar surface area (TPSA) is 48.5 Å². The SMILES string of the molecule is CN(CCc1ccncc1)C(=O)N1CCNCC1. The highest BCUT2D eigenvalue weighted by Gasteiger charge is 2.19. The van der Waals surface area contributed by atoms with Gasteiger partial charge >= 0.3 is 6.03 Å². The number of rotatable bonds is 3. The molecule has 98 valence electrons. The van der Waals surface area contributed by atoms with Crippen molar-refractivity contribution in [2.75, 3.05) is 39.8 Å². The molecule has 18 heavy (non-hydrogen) atoms. The molecule has 2 heterocycles. The van der Waals surface area contributed by atoms with E-state index in [2.05, 4.69) is 10.3 Å². The molecule has 5 nitrogen and oxygen atoms in total. The third kappa shape index (κ3) is 3.43. The second-order valence-corrected chi connectivity index (χ2v) is 4.55. The first kappa shape index (κ1) is 12.8. The van der Waals surface area contributed by atoms with Crippen LogP contribution in [0.15, 0.2) is 24.5 Å². The van der Waals surface area contributed by atoms with Crippen molar-refractivity contribution in [2.24, 2.45) is 0 Å². The molecule has 0 aliphatic carbocycles. The van der Waals surface area contributed by atoms with Gasteiger partial charge in [-0.1, -0.05) is 0 Å². The van der Waals surface area contributed by atoms with Gasteiger partial charge in [-0.2, -0.15) is 0 Å². The van der Waals surface area contributed by atoms with Crippen LogP contribution < -0.4 is 5.32 Å². The molecule has 1 aromatic heterocycles. The molecular weight excluding hydrogens is 228 g/mol. The Bertz CT molecular complexity index is 376. The summed E-state index contributed by atoms with van der Waals surface area (Å²) >= 11 is 0. The average Bonchev–Trinajstić information content (AvgIpc) is 2.46. The van der Waals surface area contributed by atoms with E-state index in [1.807, 2.05) is 24.1 Å². The number of aromatic nitrogens is 1. The van der Waals surface area contributed by atoms with E-state index >= 15 is 0 Å². The van der Waals surface area contributed by atoms with E-state index in [0.717, 1.165) is 39.1 Å². The van der Waals surface area contributed by atoms with Crippen LogP contribution in [0.2, 0.25) is 0 Å². The fourth-order valence-corrected chi connectivity index (χ4v) is 2.04. The van der Waals surface area contributed by atoms with Gasteiger partial charge in [0.1, 0.15) is 0 Å². The molecular formula is C13H20N4O. The van der Waals surface area contributed by atoms with Crippen LogP contribution in [0.25, 0.3) is 0 Å². The van der Waals surface area contributed by atoms with E-state index in [1.54, 1.807) is 17.3 Å². The maximum Gasteiger partial charge on any atom is 0.319 e. The molecule has 2 rings (SSSR count). The van der Waals surface area contributed by atoms with Gasteiger partial charge in [-0.15, -0.1) is 0 Å². The van der Waals surface area contributed by atoms with Gasteiger partial charge in [-0.25, -0.2) is 4.79 Å². The average molecular weight is 248 g/mol. The Labute approximate surface area is 108 Å². The molecule has 2 amide bonds. The predicted octanol–water partition coefficient (Wildman–Crippen LogP) is 0.581. The van der Waals surface area contributed by atoms with Crippen LogP contribution in [-0.4, -0.2) is 60.6 Å². The number of amides is 2. The first-order valence-electron chi connectivity index (χ1n) is 6.37. The molecule has 1 saturated heterocycles. The number of pyridine rings is 1. The van der Waals surface area contributed by atoms with Crippen LogP contribution in [0.1, 0.15) is 5.56 Å². The largest absolute Gasteiger partial charge is 0.327 e. The van der Waals surface area contributed by atoms with Crippen LogP contribution in [0.5, 0.6) is 0 Å². The summed E-state index contributed by atoms with van der Waals surface area (Å²) in [5.74, 6) is 0. The molecule has 0 aromatic carbocycles. The monoisotopic (exact) mass is 248 g/mol. The fourth-order valence-electron chi connectivity index (χ4n) is 2.04. The molecule has 0 unspecified atom stereocenters. The summed E-state index contributed by atoms with van der Waals surface area (Å²) in [7, 11) is 1.87. The highest BCUT2D eigenvalue weighted by molar-refractivity contribution is 5.74. The summed E-state index contributed by atoms with van der Waals surface area (Å²) in [6, 6.07) is 4.11. The van der Waals surface area contributed by atoms with Gasteiger partial charge in [0.05, 0.1) is 0 Å². The summed E-state index contributed by atoms with van der Waals surface area (Å²) in [6.45, 7) is 4.14. The van der Waals surface area contributed by atoms with E-state index in [9.17, 15) is 4.79 Å². The molecule has 1 aliphatic rings. The van der Waals surface area contributed by atoms with Crippen molar-refractivity contribution in [1.29, 1.82) is 0 Å². The van der Waals surface area contributed by atoms with Crippen molar-refractivity contribution in [2.45, 2.75) is 6.42 Å². The number of urea groups is 1. The minimum absolute atomic E-state index is 0.130. The van der Waals surface area contributed by atoms with E-state index in [4.69, 9.17) is 0 Å². The van der Waals surface area contributed by atoms with Crippen molar-refractivity contribution in [1.82, 2.24) is 20.1 Å². The number of likely N-dealkylation sites (N-methyl/N-ethyl adjacent to an activating group) is 1. The van der Waals surface area contributed by atoms with E-state index < -0.39 is 0 Å². The van der Waals surface area contributed by atoms with Gasteiger partial charge in [-0.05, 0) is 24.1 Å². The maximum absolute atomic E-state index is 12.1. The van der Waals surface area contributed by atoms with Crippen molar-refractivity contribution in [3.8, 4) is 0 Å². The van der Waals surface area contributed by atoms with Crippen LogP contribution >= 0.6 is 0 Å². The molecule has 0 bridgehead atoms. The zero-order chi connectivity index (χ0) is 12.8. The molecule has 1 aliphatic heterocycles. The van der Waals surface area contributed by atoms with E-state index in [-0.39, 0.29) is 6.03 Å². The minimum atomic E-state index is 0.130. The standard InChI is InChI=1S/C13H20N4O/c1-16(9-4-12-2-5-14-6-3-12)13(18)17-10-7-15-8-11-17/h2-3,5-6,15H,4,7-11H2,1H3. The second kappa shape index (κ2) is 6.35. The Morgan fingerprint density at radius 1 is 1.39 bits per heavy atom. The van der Waals surface area contributed by atoms with Crippen LogP contribution in [-0.2, 0) is 6.42 Å². The fraction of sp³-hybridized carbons (Fsp3) is 0.538. The molecule has 0 spiro atoms. The number of nitrogens with zero attached hydrogens (tertiary/aromatic N) is 3. The summed E-state index contributed by atoms with van der Waals surface area (Å²) in [5.41, 5.74) is 1.21. The Hall–Kier alpha value is -1.62. The summed E-state index contributed by atoms with van der Waals surface area (Å²) in [5, 5.41) is 3.25. The van der Waals surface area contributed by atoms with Crippen molar-refractivity contribution >= 4 is 6.03 Å². The first-order valence-corrected chi connectivity index (χ1v) is 6.37. The number of hydrogen-bond donors (Lipinski definition) is 1. The quantitative estimate of drug-likeness (QED) is 0.851. The Kier molecular flexibility index (Phi) is 4.52. The predicted molar refractivity (Wildman–Crippen MR) is 70.4 cm³/mol. The molecule has 0 radical (unpaired) electrons. The molecule has 1 N–H and O–H groups in total. The van der Waals surface area contributed by atoms with Crippen molar-refractivity contribution in [3.63, 3.8) is 0 Å². The number of nitrogens with one attached hydrogen (secondary N) is 1. The first-order chi connectivity index (χ1) is 8.77. The maximum atomic E-state index is 12.1. The number of carbonyl (C=O) groups excluding carboxylic acids is 1. The molecule has 5 heteroatoms. The third-order valence-electron chi connectivity index (χ3n) is 3.20. The van der Waals surface area contributed by atoms with Crippen LogP contribution in [0, 0.1) is 0 Å². The van der Waals surface area contributed by atoms with Gasteiger partial charge in [-0.3, -0.25) is 4.98 Å². The van der Waals surface area contributed by atoms with Crippen molar-refractivity contribution < 1.29 is 4.79 Å². The lowest BCUT2D eigenvalue weighted by Gasteiger charge is -2.31. The normalized spacial score (nSPS) is 15.5. The Morgan fingerprint density at radius 3 is 2.72 bits per heavy atom. The van der Waals surface area contributed by atoms with E-state index in [0.29, 0.717) is 0 Å². The summed E-state index contributed by atoms with van der Waals surface area (Å²) in [6.07, 6.45) is 4.44. The number of hydrogen-bond acceptors (Lipinski definition) is 3. The van der Waals surface area contributed by atoms with E-state index in [1.165, 1.54) is 5.56 Å². The highest BCUT2D eigenvalue weighted by atomic mass is 16.2. The number of carbonyl (C=O) groups is 1. The molecule has 0 atom stereocenters. The third-order valence-corrected chi connectivity index (χ3v) is 3.20. The minimum Gasteiger partial charge on any atom is -0.327 e. The molecule has 1 aromatic rings. The molecule has 1 fully saturated rings. The Balaban J connectivity index is 1.80. The van der Waals surface area contributed by atoms with Crippen LogP contribution in [0.4, 0.5) is 4.79 Å². The van der Waals surface area contributed by atoms with Gasteiger partial charge in [0.2, 0.25) is 0 Å². The summed E-state index contributed by atoms with van der Waals surface area (Å²) < 4.78 is 0. The zero-order valence-electron chi connectivity index (χ0n) is 10.8. The number of piperazine rings is 1. The van der Waals surface area contributed by atoms with Crippen LogP contribution in [0.3, 0.4) is 0 Å². The van der Waals surface area contributed by atoms with Crippen molar-refractivity contribution in [3.05, 3.63) is 30.1 Å². The van der Waals surface area contributed by atoms with Gasteiger partial charge in [0.25, 0.3) is 0 Å². The summed E-state index contributed by atoms with van der Waals surface area (Å²) in [4.78, 5) is 19.8.